The molecule has 0 atom stereocenters. The van der Waals surface area contributed by atoms with Crippen molar-refractivity contribution in [2.75, 3.05) is 0 Å². The summed E-state index contributed by atoms with van der Waals surface area (Å²) in [6.45, 7) is 0. The summed E-state index contributed by atoms with van der Waals surface area (Å²) in [5, 5.41) is 0. The molecule has 0 saturated carbocycles. The van der Waals surface area contributed by atoms with Gasteiger partial charge in [-0.15, -0.1) is 0 Å². The number of ketones is 1. The highest BCUT2D eigenvalue weighted by Gasteiger charge is 2.14. The molecule has 3 heteroatoms. The highest BCUT2D eigenvalue weighted by molar-refractivity contribution is 5.94. The zero-order valence-corrected chi connectivity index (χ0v) is 10.5. The van der Waals surface area contributed by atoms with Gasteiger partial charge in [-0.1, -0.05) is 18.2 Å². The highest BCUT2D eigenvalue weighted by Crippen LogP contribution is 2.23. The topological polar surface area (TPSA) is 34.9 Å². The smallest absolute Gasteiger partial charge is 0.202 e. The third-order valence-electron chi connectivity index (χ3n) is 3.60. The van der Waals surface area contributed by atoms with Crippen LogP contribution in [0, 0.1) is 0 Å². The van der Waals surface area contributed by atoms with Gasteiger partial charge in [0.05, 0.1) is 0 Å². The molecule has 0 saturated heterocycles. The Balaban J connectivity index is 1.81. The van der Waals surface area contributed by atoms with Crippen LogP contribution in [-0.2, 0) is 26.3 Å². The first kappa shape index (κ1) is 11.2. The van der Waals surface area contributed by atoms with E-state index >= 15 is 0 Å². The predicted octanol–water partition coefficient (Wildman–Crippen LogP) is 2.33. The van der Waals surface area contributed by atoms with E-state index < -0.39 is 0 Å². The number of hydrogen-bond acceptors (Lipinski definition) is 2. The maximum absolute atomic E-state index is 12.1. The summed E-state index contributed by atoms with van der Waals surface area (Å²) in [6, 6.07) is 6.43. The zero-order valence-electron chi connectivity index (χ0n) is 10.5. The number of benzene rings is 1. The van der Waals surface area contributed by atoms with Crippen LogP contribution < -0.4 is 0 Å². The van der Waals surface area contributed by atoms with Crippen molar-refractivity contribution in [3.8, 4) is 0 Å². The largest absolute Gasteiger partial charge is 0.332 e. The number of hydrogen-bond donors (Lipinski definition) is 0. The van der Waals surface area contributed by atoms with Crippen LogP contribution in [-0.4, -0.2) is 15.3 Å². The van der Waals surface area contributed by atoms with Crippen molar-refractivity contribution in [1.29, 1.82) is 0 Å². The average molecular weight is 240 g/mol. The molecule has 92 valence electrons. The maximum Gasteiger partial charge on any atom is 0.202 e. The molecule has 0 bridgehead atoms. The maximum atomic E-state index is 12.1. The normalized spacial score (nSPS) is 13.6. The fraction of sp³-hybridized carbons (Fsp3) is 0.333. The van der Waals surface area contributed by atoms with Crippen molar-refractivity contribution in [2.45, 2.75) is 25.7 Å². The molecule has 0 N–H and O–H groups in total. The Hall–Kier alpha value is -1.90. The Bertz CT molecular complexity index is 598. The van der Waals surface area contributed by atoms with Crippen LogP contribution in [0.2, 0.25) is 0 Å². The third-order valence-corrected chi connectivity index (χ3v) is 3.60. The molecule has 3 rings (SSSR count). The molecule has 0 fully saturated rings. The van der Waals surface area contributed by atoms with Crippen LogP contribution in [0.1, 0.15) is 33.7 Å². The van der Waals surface area contributed by atoms with E-state index in [-0.39, 0.29) is 5.78 Å². The molecular weight excluding hydrogens is 224 g/mol. The molecule has 3 nitrogen and oxygen atoms in total. The molecular formula is C15H16N2O. The summed E-state index contributed by atoms with van der Waals surface area (Å²) in [5.74, 6) is 0.621. The molecule has 1 aliphatic carbocycles. The second-order valence-electron chi connectivity index (χ2n) is 4.92. The van der Waals surface area contributed by atoms with E-state index in [4.69, 9.17) is 0 Å². The lowest BCUT2D eigenvalue weighted by Crippen LogP contribution is -2.10. The van der Waals surface area contributed by atoms with Gasteiger partial charge in [-0.3, -0.25) is 4.79 Å². The van der Waals surface area contributed by atoms with E-state index in [1.165, 1.54) is 24.0 Å². The Morgan fingerprint density at radius 3 is 2.94 bits per heavy atom. The number of rotatable bonds is 3. The summed E-state index contributed by atoms with van der Waals surface area (Å²) in [4.78, 5) is 16.2. The first-order valence-corrected chi connectivity index (χ1v) is 6.35. The van der Waals surface area contributed by atoms with Crippen molar-refractivity contribution in [2.24, 2.45) is 7.05 Å². The number of aromatic nitrogens is 2. The Morgan fingerprint density at radius 2 is 2.17 bits per heavy atom. The minimum atomic E-state index is 0.0837. The predicted molar refractivity (Wildman–Crippen MR) is 69.7 cm³/mol. The summed E-state index contributed by atoms with van der Waals surface area (Å²) >= 11 is 0. The lowest BCUT2D eigenvalue weighted by atomic mass is 10.0. The summed E-state index contributed by atoms with van der Waals surface area (Å²) in [6.07, 6.45) is 7.48. The Morgan fingerprint density at radius 1 is 1.33 bits per heavy atom. The van der Waals surface area contributed by atoms with Gasteiger partial charge in [-0.25, -0.2) is 4.98 Å². The molecule has 1 aromatic carbocycles. The van der Waals surface area contributed by atoms with E-state index in [0.717, 1.165) is 12.0 Å². The molecule has 0 amide bonds. The fourth-order valence-corrected chi connectivity index (χ4v) is 2.63. The second-order valence-corrected chi connectivity index (χ2v) is 4.92. The number of imidazole rings is 1. The number of nitrogens with zero attached hydrogens (tertiary/aromatic N) is 2. The molecule has 2 aromatic rings. The van der Waals surface area contributed by atoms with Crippen LogP contribution in [0.3, 0.4) is 0 Å². The van der Waals surface area contributed by atoms with Gasteiger partial charge < -0.3 is 4.57 Å². The Kier molecular flexibility index (Phi) is 2.74. The van der Waals surface area contributed by atoms with Crippen LogP contribution in [0.4, 0.5) is 0 Å². The Labute approximate surface area is 106 Å². The summed E-state index contributed by atoms with van der Waals surface area (Å²) in [7, 11) is 1.85. The van der Waals surface area contributed by atoms with Gasteiger partial charge >= 0.3 is 0 Å². The summed E-state index contributed by atoms with van der Waals surface area (Å²) < 4.78 is 1.77. The van der Waals surface area contributed by atoms with E-state index in [1.54, 1.807) is 17.0 Å². The molecule has 0 aliphatic heterocycles. The minimum absolute atomic E-state index is 0.0837. The molecule has 18 heavy (non-hydrogen) atoms. The first-order chi connectivity index (χ1) is 8.74. The molecule has 1 heterocycles. The fourth-order valence-electron chi connectivity index (χ4n) is 2.63. The van der Waals surface area contributed by atoms with Crippen LogP contribution in [0.5, 0.6) is 0 Å². The highest BCUT2D eigenvalue weighted by atomic mass is 16.1. The van der Waals surface area contributed by atoms with Crippen molar-refractivity contribution in [3.63, 3.8) is 0 Å². The molecule has 0 unspecified atom stereocenters. The molecule has 1 aromatic heterocycles. The standard InChI is InChI=1S/C15H16N2O/c1-17-8-7-16-15(17)14(18)10-11-5-6-12-3-2-4-13(12)9-11/h5-9H,2-4,10H2,1H3. The lowest BCUT2D eigenvalue weighted by molar-refractivity contribution is 0.0980. The van der Waals surface area contributed by atoms with E-state index in [1.807, 2.05) is 7.05 Å². The van der Waals surface area contributed by atoms with E-state index in [9.17, 15) is 4.79 Å². The number of Topliss-reactive ketones (excluding diaryl/α,β-unsaturated/α-hetero) is 1. The van der Waals surface area contributed by atoms with Crippen LogP contribution in [0.15, 0.2) is 30.6 Å². The molecule has 0 radical (unpaired) electrons. The average Bonchev–Trinajstić information content (AvgIpc) is 2.96. The number of carbonyl (C=O) groups is 1. The number of fused-ring (bicyclic) bond motifs is 1. The van der Waals surface area contributed by atoms with Gasteiger partial charge in [-0.2, -0.15) is 0 Å². The quantitative estimate of drug-likeness (QED) is 0.772. The van der Waals surface area contributed by atoms with Gasteiger partial charge in [0.15, 0.2) is 5.82 Å². The SMILES string of the molecule is Cn1ccnc1C(=O)Cc1ccc2c(c1)CCC2. The lowest BCUT2D eigenvalue weighted by Gasteiger charge is -2.04. The monoisotopic (exact) mass is 240 g/mol. The van der Waals surface area contributed by atoms with Crippen molar-refractivity contribution in [1.82, 2.24) is 9.55 Å². The van der Waals surface area contributed by atoms with E-state index in [0.29, 0.717) is 12.2 Å². The first-order valence-electron chi connectivity index (χ1n) is 6.35. The van der Waals surface area contributed by atoms with Gasteiger partial charge in [-0.05, 0) is 36.0 Å². The van der Waals surface area contributed by atoms with Gasteiger partial charge in [0, 0.05) is 25.9 Å². The minimum Gasteiger partial charge on any atom is -0.332 e. The second kappa shape index (κ2) is 4.41. The van der Waals surface area contributed by atoms with Crippen molar-refractivity contribution >= 4 is 5.78 Å². The summed E-state index contributed by atoms with van der Waals surface area (Å²) in [5.41, 5.74) is 3.96. The third kappa shape index (κ3) is 1.96. The van der Waals surface area contributed by atoms with E-state index in [2.05, 4.69) is 23.2 Å². The van der Waals surface area contributed by atoms with Gasteiger partial charge in [0.25, 0.3) is 0 Å². The van der Waals surface area contributed by atoms with Crippen LogP contribution >= 0.6 is 0 Å². The van der Waals surface area contributed by atoms with Crippen molar-refractivity contribution < 1.29 is 4.79 Å². The molecule has 1 aliphatic rings. The van der Waals surface area contributed by atoms with Crippen LogP contribution in [0.25, 0.3) is 0 Å². The van der Waals surface area contributed by atoms with Gasteiger partial charge in [0.1, 0.15) is 0 Å². The molecule has 0 spiro atoms. The number of aryl methyl sites for hydroxylation is 3. The van der Waals surface area contributed by atoms with Crippen molar-refractivity contribution in [3.05, 3.63) is 53.1 Å². The number of carbonyl (C=O) groups excluding carboxylic acids is 1. The van der Waals surface area contributed by atoms with Gasteiger partial charge in [0.2, 0.25) is 5.78 Å². The zero-order chi connectivity index (χ0) is 12.5.